The van der Waals surface area contributed by atoms with Crippen LogP contribution in [0.5, 0.6) is 0 Å². The maximum Gasteiger partial charge on any atom is 0.308 e. The largest absolute Gasteiger partial charge is 0.481 e. The molecule has 0 radical (unpaired) electrons. The molecule has 1 aromatic rings. The van der Waals surface area contributed by atoms with Crippen molar-refractivity contribution in [2.45, 2.75) is 32.4 Å². The van der Waals surface area contributed by atoms with E-state index < -0.39 is 5.97 Å². The maximum atomic E-state index is 11.1. The minimum atomic E-state index is -0.721. The van der Waals surface area contributed by atoms with E-state index in [9.17, 15) is 4.79 Å². The van der Waals surface area contributed by atoms with Crippen molar-refractivity contribution in [2.75, 3.05) is 6.54 Å². The van der Waals surface area contributed by atoms with Crippen LogP contribution in [0.25, 0.3) is 0 Å². The first kappa shape index (κ1) is 11.1. The van der Waals surface area contributed by atoms with Gasteiger partial charge < -0.3 is 10.4 Å². The Labute approximate surface area is 94.5 Å². The number of piperidine rings is 1. The first-order valence-electron chi connectivity index (χ1n) is 5.71. The minimum absolute atomic E-state index is 0.0912. The van der Waals surface area contributed by atoms with Crippen molar-refractivity contribution in [3.63, 3.8) is 0 Å². The number of carbonyl (C=O) groups is 1. The lowest BCUT2D eigenvalue weighted by Crippen LogP contribution is -2.38. The molecule has 1 saturated heterocycles. The molecule has 5 heteroatoms. The van der Waals surface area contributed by atoms with Crippen LogP contribution in [-0.2, 0) is 11.3 Å². The van der Waals surface area contributed by atoms with Crippen LogP contribution in [0.2, 0.25) is 0 Å². The van der Waals surface area contributed by atoms with Gasteiger partial charge in [0.25, 0.3) is 0 Å². The number of hydrogen-bond donors (Lipinski definition) is 2. The Morgan fingerprint density at radius 1 is 1.75 bits per heavy atom. The summed E-state index contributed by atoms with van der Waals surface area (Å²) in [4.78, 5) is 11.1. The zero-order valence-corrected chi connectivity index (χ0v) is 9.39. The second kappa shape index (κ2) is 4.65. The summed E-state index contributed by atoms with van der Waals surface area (Å²) in [5.41, 5.74) is 0.981. The van der Waals surface area contributed by atoms with Gasteiger partial charge in [0.15, 0.2) is 0 Å². The Morgan fingerprint density at radius 2 is 2.56 bits per heavy atom. The van der Waals surface area contributed by atoms with Crippen molar-refractivity contribution in [1.82, 2.24) is 15.1 Å². The molecule has 88 valence electrons. The maximum absolute atomic E-state index is 11.1. The lowest BCUT2D eigenvalue weighted by molar-refractivity contribution is -0.143. The molecule has 5 nitrogen and oxygen atoms in total. The molecule has 1 fully saturated rings. The van der Waals surface area contributed by atoms with Crippen LogP contribution in [0.3, 0.4) is 0 Å². The zero-order chi connectivity index (χ0) is 11.5. The number of aliphatic carboxylic acids is 1. The molecule has 2 heterocycles. The summed E-state index contributed by atoms with van der Waals surface area (Å²) in [5.74, 6) is -1.05. The van der Waals surface area contributed by atoms with E-state index in [1.807, 2.05) is 17.8 Å². The summed E-state index contributed by atoms with van der Waals surface area (Å²) < 4.78 is 1.82. The number of rotatable bonds is 3. The topological polar surface area (TPSA) is 67.2 Å². The van der Waals surface area contributed by atoms with E-state index in [4.69, 9.17) is 5.11 Å². The second-order valence-electron chi connectivity index (χ2n) is 4.15. The van der Waals surface area contributed by atoms with Gasteiger partial charge in [-0.1, -0.05) is 0 Å². The molecule has 2 rings (SSSR count). The van der Waals surface area contributed by atoms with Gasteiger partial charge in [0.2, 0.25) is 0 Å². The fourth-order valence-electron chi connectivity index (χ4n) is 2.22. The standard InChI is InChI=1S/C11H17N3O2/c1-2-14-7-8(6-13-14)10-9(11(15)16)4-3-5-12-10/h6-7,9-10,12H,2-5H2,1H3,(H,15,16). The summed E-state index contributed by atoms with van der Waals surface area (Å²) in [7, 11) is 0. The third kappa shape index (κ3) is 2.09. The molecular weight excluding hydrogens is 206 g/mol. The van der Waals surface area contributed by atoms with E-state index in [0.29, 0.717) is 0 Å². The molecule has 1 aromatic heterocycles. The van der Waals surface area contributed by atoms with Crippen molar-refractivity contribution in [1.29, 1.82) is 0 Å². The smallest absolute Gasteiger partial charge is 0.308 e. The van der Waals surface area contributed by atoms with E-state index in [1.54, 1.807) is 6.20 Å². The van der Waals surface area contributed by atoms with Crippen LogP contribution in [-0.4, -0.2) is 27.4 Å². The average molecular weight is 223 g/mol. The number of hydrogen-bond acceptors (Lipinski definition) is 3. The van der Waals surface area contributed by atoms with Crippen molar-refractivity contribution in [2.24, 2.45) is 5.92 Å². The second-order valence-corrected chi connectivity index (χ2v) is 4.15. The minimum Gasteiger partial charge on any atom is -0.481 e. The average Bonchev–Trinajstić information content (AvgIpc) is 2.77. The number of nitrogens with one attached hydrogen (secondary N) is 1. The molecule has 0 spiro atoms. The van der Waals surface area contributed by atoms with Gasteiger partial charge in [-0.3, -0.25) is 9.48 Å². The first-order chi connectivity index (χ1) is 7.72. The molecule has 0 bridgehead atoms. The predicted octanol–water partition coefficient (Wildman–Crippen LogP) is 1.03. The molecule has 2 unspecified atom stereocenters. The molecule has 1 aliphatic heterocycles. The molecule has 2 atom stereocenters. The number of carboxylic acids is 1. The van der Waals surface area contributed by atoms with Gasteiger partial charge in [-0.05, 0) is 26.3 Å². The number of aryl methyl sites for hydroxylation is 1. The van der Waals surface area contributed by atoms with Gasteiger partial charge in [0, 0.05) is 24.3 Å². The Morgan fingerprint density at radius 3 is 3.19 bits per heavy atom. The van der Waals surface area contributed by atoms with Gasteiger partial charge in [-0.2, -0.15) is 5.10 Å². The third-order valence-corrected chi connectivity index (χ3v) is 3.11. The summed E-state index contributed by atoms with van der Waals surface area (Å²) in [6.45, 7) is 3.70. The number of aromatic nitrogens is 2. The molecule has 1 aliphatic rings. The van der Waals surface area contributed by atoms with Crippen LogP contribution in [0.15, 0.2) is 12.4 Å². The fraction of sp³-hybridized carbons (Fsp3) is 0.636. The van der Waals surface area contributed by atoms with Crippen molar-refractivity contribution in [3.05, 3.63) is 18.0 Å². The monoisotopic (exact) mass is 223 g/mol. The SMILES string of the molecule is CCn1cc(C2NCCCC2C(=O)O)cn1. The predicted molar refractivity (Wildman–Crippen MR) is 59.0 cm³/mol. The summed E-state index contributed by atoms with van der Waals surface area (Å²) >= 11 is 0. The van der Waals surface area contributed by atoms with Crippen LogP contribution >= 0.6 is 0 Å². The summed E-state index contributed by atoms with van der Waals surface area (Å²) in [6.07, 6.45) is 5.36. The van der Waals surface area contributed by atoms with Crippen molar-refractivity contribution in [3.8, 4) is 0 Å². The third-order valence-electron chi connectivity index (χ3n) is 3.11. The van der Waals surface area contributed by atoms with Gasteiger partial charge in [-0.15, -0.1) is 0 Å². The van der Waals surface area contributed by atoms with Crippen molar-refractivity contribution >= 4 is 5.97 Å². The lowest BCUT2D eigenvalue weighted by atomic mass is 9.88. The van der Waals surface area contributed by atoms with E-state index in [-0.39, 0.29) is 12.0 Å². The lowest BCUT2D eigenvalue weighted by Gasteiger charge is -2.28. The van der Waals surface area contributed by atoms with Crippen LogP contribution < -0.4 is 5.32 Å². The van der Waals surface area contributed by atoms with Crippen molar-refractivity contribution < 1.29 is 9.90 Å². The fourth-order valence-corrected chi connectivity index (χ4v) is 2.22. The Kier molecular flexibility index (Phi) is 3.24. The van der Waals surface area contributed by atoms with Gasteiger partial charge in [-0.25, -0.2) is 0 Å². The molecular formula is C11H17N3O2. The Bertz CT molecular complexity index is 375. The normalized spacial score (nSPS) is 25.6. The Hall–Kier alpha value is -1.36. The molecule has 2 N–H and O–H groups in total. The van der Waals surface area contributed by atoms with Crippen LogP contribution in [0.1, 0.15) is 31.4 Å². The molecule has 0 aromatic carbocycles. The van der Waals surface area contributed by atoms with Crippen LogP contribution in [0, 0.1) is 5.92 Å². The van der Waals surface area contributed by atoms with Gasteiger partial charge in [0.1, 0.15) is 0 Å². The number of nitrogens with zero attached hydrogens (tertiary/aromatic N) is 2. The molecule has 0 saturated carbocycles. The van der Waals surface area contributed by atoms with Gasteiger partial charge >= 0.3 is 5.97 Å². The highest BCUT2D eigenvalue weighted by Gasteiger charge is 2.32. The summed E-state index contributed by atoms with van der Waals surface area (Å²) in [5, 5.41) is 16.6. The highest BCUT2D eigenvalue weighted by atomic mass is 16.4. The van der Waals surface area contributed by atoms with E-state index in [1.165, 1.54) is 0 Å². The molecule has 0 aliphatic carbocycles. The first-order valence-corrected chi connectivity index (χ1v) is 5.71. The van der Waals surface area contributed by atoms with Crippen LogP contribution in [0.4, 0.5) is 0 Å². The van der Waals surface area contributed by atoms with Gasteiger partial charge in [0.05, 0.1) is 12.1 Å². The Balaban J connectivity index is 2.19. The highest BCUT2D eigenvalue weighted by Crippen LogP contribution is 2.29. The van der Waals surface area contributed by atoms with E-state index in [0.717, 1.165) is 31.5 Å². The summed E-state index contributed by atoms with van der Waals surface area (Å²) in [6, 6.07) is -0.0912. The number of carboxylic acid groups (broad SMARTS) is 1. The van der Waals surface area contributed by atoms with E-state index in [2.05, 4.69) is 10.4 Å². The highest BCUT2D eigenvalue weighted by molar-refractivity contribution is 5.71. The zero-order valence-electron chi connectivity index (χ0n) is 9.39. The quantitative estimate of drug-likeness (QED) is 0.803. The molecule has 0 amide bonds. The molecule has 16 heavy (non-hydrogen) atoms. The van der Waals surface area contributed by atoms with E-state index >= 15 is 0 Å².